The van der Waals surface area contributed by atoms with Crippen molar-refractivity contribution in [1.82, 2.24) is 15.5 Å². The van der Waals surface area contributed by atoms with Crippen molar-refractivity contribution >= 4 is 82.3 Å². The Labute approximate surface area is 229 Å². The lowest BCUT2D eigenvalue weighted by Crippen LogP contribution is -2.72. The number of rotatable bonds is 5. The Hall–Kier alpha value is -2.94. The predicted octanol–water partition coefficient (Wildman–Crippen LogP) is -0.417. The van der Waals surface area contributed by atoms with E-state index >= 15 is 0 Å². The minimum Gasteiger partial charge on any atom is -0.358 e. The second kappa shape index (κ2) is 9.07. The molecule has 12 radical (unpaired) electrons. The zero-order valence-electron chi connectivity index (χ0n) is 19.5. The molecule has 7 nitrogen and oxygen atoms in total. The Bertz CT molecular complexity index is 1380. The standard InChI is InChI=1S/C22H12B6ClF2N3O4/c23-14-15(35)32-18(38)21(26,20(14,24)25)34-8-9-7-11(3-6-13(9)16(34)36)22(27,28)33-17(37)19(30,31)10-1-4-12(29)5-2-10/h1-7,14H,8H2,(H,33,37)(H,32,35,38)/t14?,21-/m1/s1. The quantitative estimate of drug-likeness (QED) is 0.414. The van der Waals surface area contributed by atoms with Gasteiger partial charge < -0.3 is 10.2 Å². The van der Waals surface area contributed by atoms with Crippen LogP contribution in [0.5, 0.6) is 0 Å². The summed E-state index contributed by atoms with van der Waals surface area (Å²) < 4.78 is 29.5. The zero-order valence-corrected chi connectivity index (χ0v) is 20.3. The molecule has 38 heavy (non-hydrogen) atoms. The van der Waals surface area contributed by atoms with Crippen molar-refractivity contribution in [1.29, 1.82) is 0 Å². The fraction of sp³-hybridized carbons (Fsp3) is 0.273. The average Bonchev–Trinajstić information content (AvgIpc) is 3.18. The summed E-state index contributed by atoms with van der Waals surface area (Å²) in [5, 5.41) is -0.653. The highest BCUT2D eigenvalue weighted by Crippen LogP contribution is 2.49. The summed E-state index contributed by atoms with van der Waals surface area (Å²) in [5.41, 5.74) is -2.93. The summed E-state index contributed by atoms with van der Waals surface area (Å²) in [5.74, 6) is -10.4. The van der Waals surface area contributed by atoms with Gasteiger partial charge in [-0.15, -0.1) is 0 Å². The van der Waals surface area contributed by atoms with Gasteiger partial charge in [-0.2, -0.15) is 8.78 Å². The molecule has 2 aliphatic heterocycles. The number of benzene rings is 2. The maximum Gasteiger partial charge on any atom is 0.349 e. The SMILES string of the molecule is [B]C1C(=O)NC(=O)[C@@]([B])(N2Cc3cc(C([B])([B])NC(=O)C(F)(F)c4ccc(Cl)cc4)ccc3C2=O)C1([B])[B]. The molecule has 1 fully saturated rings. The number of nitrogens with zero attached hydrogens (tertiary/aromatic N) is 1. The van der Waals surface area contributed by atoms with E-state index in [1.807, 2.05) is 10.6 Å². The molecule has 4 rings (SSSR count). The summed E-state index contributed by atoms with van der Waals surface area (Å²) in [6, 6.07) is 8.06. The van der Waals surface area contributed by atoms with Gasteiger partial charge in [0.2, 0.25) is 11.8 Å². The van der Waals surface area contributed by atoms with Gasteiger partial charge in [0, 0.05) is 22.7 Å². The number of fused-ring (bicyclic) bond motifs is 1. The fourth-order valence-corrected chi connectivity index (χ4v) is 4.41. The predicted molar refractivity (Wildman–Crippen MR) is 138 cm³/mol. The van der Waals surface area contributed by atoms with Gasteiger partial charge in [-0.25, -0.2) is 0 Å². The molecule has 0 saturated carbocycles. The van der Waals surface area contributed by atoms with Gasteiger partial charge in [-0.1, -0.05) is 41.1 Å². The first-order chi connectivity index (χ1) is 17.4. The lowest BCUT2D eigenvalue weighted by molar-refractivity contribution is -0.147. The molecule has 0 spiro atoms. The highest BCUT2D eigenvalue weighted by molar-refractivity contribution is 6.57. The van der Waals surface area contributed by atoms with Gasteiger partial charge in [-0.05, 0) is 40.5 Å². The number of imide groups is 1. The van der Waals surface area contributed by atoms with Crippen LogP contribution in [0.15, 0.2) is 42.5 Å². The summed E-state index contributed by atoms with van der Waals surface area (Å²) in [6.07, 6.45) is 0. The Morgan fingerprint density at radius 2 is 1.63 bits per heavy atom. The van der Waals surface area contributed by atoms with Gasteiger partial charge >= 0.3 is 5.92 Å². The highest BCUT2D eigenvalue weighted by atomic mass is 35.5. The Morgan fingerprint density at radius 3 is 2.24 bits per heavy atom. The Morgan fingerprint density at radius 1 is 1.05 bits per heavy atom. The fourth-order valence-electron chi connectivity index (χ4n) is 4.28. The summed E-state index contributed by atoms with van der Waals surface area (Å²) in [7, 11) is 35.9. The van der Waals surface area contributed by atoms with Crippen molar-refractivity contribution in [2.45, 2.75) is 34.3 Å². The number of alkyl halides is 2. The molecular weight excluding hydrogens is 509 g/mol. The number of nitrogens with one attached hydrogen (secondary N) is 2. The van der Waals surface area contributed by atoms with Crippen molar-refractivity contribution in [3.8, 4) is 0 Å². The van der Waals surface area contributed by atoms with Crippen molar-refractivity contribution in [3.63, 3.8) is 0 Å². The molecule has 0 aromatic heterocycles. The van der Waals surface area contributed by atoms with Crippen molar-refractivity contribution in [2.24, 2.45) is 0 Å². The van der Waals surface area contributed by atoms with E-state index in [2.05, 4.69) is 0 Å². The molecule has 178 valence electrons. The third kappa shape index (κ3) is 4.19. The average molecular weight is 521 g/mol. The lowest BCUT2D eigenvalue weighted by Gasteiger charge is -2.55. The molecular formula is C22H12B6ClF2N3O4. The van der Waals surface area contributed by atoms with Crippen LogP contribution in [0.1, 0.15) is 27.0 Å². The molecule has 0 aliphatic carbocycles. The van der Waals surface area contributed by atoms with Gasteiger partial charge in [0.25, 0.3) is 11.8 Å². The number of hydrogen-bond donors (Lipinski definition) is 2. The van der Waals surface area contributed by atoms with Crippen molar-refractivity contribution in [2.75, 3.05) is 0 Å². The van der Waals surface area contributed by atoms with Gasteiger partial charge in [0.1, 0.15) is 7.85 Å². The maximum atomic E-state index is 14.7. The largest absolute Gasteiger partial charge is 0.358 e. The second-order valence-corrected chi connectivity index (χ2v) is 9.60. The van der Waals surface area contributed by atoms with E-state index in [4.69, 9.17) is 58.7 Å². The number of hydrogen-bond acceptors (Lipinski definition) is 4. The minimum absolute atomic E-state index is 0.0290. The van der Waals surface area contributed by atoms with Crippen LogP contribution in [-0.4, -0.2) is 81.0 Å². The van der Waals surface area contributed by atoms with Crippen LogP contribution < -0.4 is 10.6 Å². The third-order valence-electron chi connectivity index (χ3n) is 6.67. The molecule has 2 heterocycles. The third-order valence-corrected chi connectivity index (χ3v) is 6.92. The molecule has 2 atom stereocenters. The van der Waals surface area contributed by atoms with E-state index in [1.54, 1.807) is 0 Å². The first kappa shape index (κ1) is 28.1. The van der Waals surface area contributed by atoms with E-state index in [9.17, 15) is 28.0 Å². The molecule has 16 heteroatoms. The summed E-state index contributed by atoms with van der Waals surface area (Å²) >= 11 is 5.71. The number of halogens is 3. The van der Waals surface area contributed by atoms with Crippen LogP contribution in [0.25, 0.3) is 0 Å². The van der Waals surface area contributed by atoms with E-state index in [1.165, 1.54) is 30.3 Å². The Kier molecular flexibility index (Phi) is 6.70. The highest BCUT2D eigenvalue weighted by Gasteiger charge is 2.59. The molecule has 1 saturated heterocycles. The maximum absolute atomic E-state index is 14.7. The van der Waals surface area contributed by atoms with Crippen LogP contribution in [0, 0.1) is 0 Å². The van der Waals surface area contributed by atoms with E-state index in [0.29, 0.717) is 0 Å². The normalized spacial score (nSPS) is 23.1. The number of carbonyl (C=O) groups excluding carboxylic acids is 4. The number of piperidine rings is 1. The van der Waals surface area contributed by atoms with Crippen LogP contribution >= 0.6 is 11.6 Å². The smallest absolute Gasteiger partial charge is 0.349 e. The van der Waals surface area contributed by atoms with Gasteiger partial charge in [0.05, 0.1) is 44.7 Å². The summed E-state index contributed by atoms with van der Waals surface area (Å²) in [4.78, 5) is 51.1. The van der Waals surface area contributed by atoms with Crippen LogP contribution in [0.2, 0.25) is 16.1 Å². The number of carbonyl (C=O) groups is 4. The molecule has 1 unspecified atom stereocenters. The van der Waals surface area contributed by atoms with Crippen molar-refractivity contribution < 1.29 is 28.0 Å². The lowest BCUT2D eigenvalue weighted by atomic mass is 9.31. The molecule has 2 aromatic carbocycles. The molecule has 2 aromatic rings. The first-order valence-electron chi connectivity index (χ1n) is 10.9. The molecule has 2 N–H and O–H groups in total. The van der Waals surface area contributed by atoms with Crippen LogP contribution in [-0.2, 0) is 32.2 Å². The monoisotopic (exact) mass is 521 g/mol. The van der Waals surface area contributed by atoms with E-state index in [0.717, 1.165) is 17.0 Å². The molecule has 4 amide bonds. The zero-order chi connectivity index (χ0) is 28.4. The van der Waals surface area contributed by atoms with Crippen molar-refractivity contribution in [3.05, 3.63) is 69.7 Å². The summed E-state index contributed by atoms with van der Waals surface area (Å²) in [6.45, 7) is -0.367. The van der Waals surface area contributed by atoms with E-state index in [-0.39, 0.29) is 28.3 Å². The topological polar surface area (TPSA) is 95.6 Å². The number of amides is 4. The first-order valence-corrected chi connectivity index (χ1v) is 11.3. The van der Waals surface area contributed by atoms with E-state index < -0.39 is 56.9 Å². The Balaban J connectivity index is 1.61. The second-order valence-electron chi connectivity index (χ2n) is 9.16. The minimum atomic E-state index is -4.01. The van der Waals surface area contributed by atoms with Crippen LogP contribution in [0.3, 0.4) is 0 Å². The molecule has 2 aliphatic rings. The molecule has 0 bridgehead atoms. The van der Waals surface area contributed by atoms with Gasteiger partial charge in [-0.3, -0.25) is 24.5 Å². The van der Waals surface area contributed by atoms with Gasteiger partial charge in [0.15, 0.2) is 0 Å². The van der Waals surface area contributed by atoms with Crippen LogP contribution in [0.4, 0.5) is 8.78 Å².